The van der Waals surface area contributed by atoms with Gasteiger partial charge in [0.1, 0.15) is 0 Å². The van der Waals surface area contributed by atoms with Crippen molar-refractivity contribution in [3.63, 3.8) is 0 Å². The quantitative estimate of drug-likeness (QED) is 0.841. The van der Waals surface area contributed by atoms with Gasteiger partial charge in [-0.15, -0.1) is 0 Å². The van der Waals surface area contributed by atoms with Crippen LogP contribution in [0.15, 0.2) is 60.4 Å². The van der Waals surface area contributed by atoms with Crippen molar-refractivity contribution in [3.05, 3.63) is 77.1 Å². The van der Waals surface area contributed by atoms with Crippen LogP contribution in [0.1, 0.15) is 16.7 Å². The molecule has 0 amide bonds. The molecular weight excluding hydrogens is 259 g/mol. The third-order valence-corrected chi connectivity index (χ3v) is 3.41. The molecule has 98 valence electrons. The van der Waals surface area contributed by atoms with Crippen LogP contribution in [0, 0.1) is 6.92 Å². The van der Waals surface area contributed by atoms with Crippen molar-refractivity contribution in [3.8, 4) is 0 Å². The van der Waals surface area contributed by atoms with Crippen molar-refractivity contribution in [2.24, 2.45) is 0 Å². The normalized spacial score (nSPS) is 12.5. The van der Waals surface area contributed by atoms with Crippen LogP contribution >= 0.6 is 7.60 Å². The summed E-state index contributed by atoms with van der Waals surface area (Å²) < 4.78 is 11.3. The smallest absolute Gasteiger partial charge is 0.321 e. The number of rotatable bonds is 3. The summed E-state index contributed by atoms with van der Waals surface area (Å²) in [5.74, 6) is 1.03. The van der Waals surface area contributed by atoms with Crippen LogP contribution in [-0.4, -0.2) is 9.79 Å². The van der Waals surface area contributed by atoms with E-state index in [-0.39, 0.29) is 0 Å². The molecule has 2 aromatic carbocycles. The van der Waals surface area contributed by atoms with E-state index in [9.17, 15) is 14.4 Å². The fourth-order valence-corrected chi connectivity index (χ4v) is 2.59. The fourth-order valence-electron chi connectivity index (χ4n) is 1.96. The van der Waals surface area contributed by atoms with Crippen molar-refractivity contribution in [2.45, 2.75) is 6.92 Å². The van der Waals surface area contributed by atoms with Crippen molar-refractivity contribution >= 4 is 13.2 Å². The highest BCUT2D eigenvalue weighted by Gasteiger charge is 2.15. The second-order valence-corrected chi connectivity index (χ2v) is 5.75. The molecule has 2 N–H and O–H groups in total. The van der Waals surface area contributed by atoms with E-state index in [2.05, 4.69) is 0 Å². The van der Waals surface area contributed by atoms with Gasteiger partial charge in [0.15, 0.2) is 0 Å². The molecule has 0 saturated heterocycles. The lowest BCUT2D eigenvalue weighted by molar-refractivity contribution is 0.386. The minimum absolute atomic E-state index is 0.562. The first-order chi connectivity index (χ1) is 8.97. The van der Waals surface area contributed by atoms with Gasteiger partial charge in [0.05, 0.1) is 0 Å². The minimum Gasteiger partial charge on any atom is -0.321 e. The SMILES string of the molecule is Cc1ccccc1C(=CP(=O)(O)O)c1ccccc1. The van der Waals surface area contributed by atoms with E-state index >= 15 is 0 Å². The molecule has 0 radical (unpaired) electrons. The van der Waals surface area contributed by atoms with E-state index in [1.165, 1.54) is 0 Å². The van der Waals surface area contributed by atoms with Gasteiger partial charge >= 0.3 is 7.60 Å². The molecule has 0 atom stereocenters. The van der Waals surface area contributed by atoms with Crippen LogP contribution in [-0.2, 0) is 4.57 Å². The van der Waals surface area contributed by atoms with Gasteiger partial charge in [-0.05, 0) is 29.2 Å². The topological polar surface area (TPSA) is 57.5 Å². The molecule has 0 saturated carbocycles. The predicted molar refractivity (Wildman–Crippen MR) is 76.7 cm³/mol. The summed E-state index contributed by atoms with van der Waals surface area (Å²) in [6.45, 7) is 1.92. The lowest BCUT2D eigenvalue weighted by Crippen LogP contribution is -1.91. The van der Waals surface area contributed by atoms with Crippen LogP contribution < -0.4 is 0 Å². The monoisotopic (exact) mass is 274 g/mol. The van der Waals surface area contributed by atoms with Crippen LogP contribution in [0.4, 0.5) is 0 Å². The average Bonchev–Trinajstić information content (AvgIpc) is 2.37. The summed E-state index contributed by atoms with van der Waals surface area (Å²) >= 11 is 0. The second kappa shape index (κ2) is 5.54. The largest absolute Gasteiger partial charge is 0.349 e. The van der Waals surface area contributed by atoms with Gasteiger partial charge in [-0.1, -0.05) is 54.6 Å². The highest BCUT2D eigenvalue weighted by molar-refractivity contribution is 7.55. The molecule has 0 fully saturated rings. The summed E-state index contributed by atoms with van der Waals surface area (Å²) in [5.41, 5.74) is 3.16. The zero-order chi connectivity index (χ0) is 13.9. The molecule has 0 bridgehead atoms. The summed E-state index contributed by atoms with van der Waals surface area (Å²) in [5, 5.41) is 0. The Morgan fingerprint density at radius 3 is 2.16 bits per heavy atom. The summed E-state index contributed by atoms with van der Waals surface area (Å²) in [6.07, 6.45) is 0. The van der Waals surface area contributed by atoms with Gasteiger partial charge in [0.25, 0.3) is 0 Å². The van der Waals surface area contributed by atoms with Gasteiger partial charge in [0, 0.05) is 5.82 Å². The Kier molecular flexibility index (Phi) is 4.01. The molecule has 0 spiro atoms. The maximum absolute atomic E-state index is 11.3. The molecule has 3 nitrogen and oxygen atoms in total. The van der Waals surface area contributed by atoms with Crippen LogP contribution in [0.5, 0.6) is 0 Å². The van der Waals surface area contributed by atoms with Gasteiger partial charge in [-0.2, -0.15) is 0 Å². The third kappa shape index (κ3) is 3.65. The number of benzene rings is 2. The van der Waals surface area contributed by atoms with E-state index in [1.54, 1.807) is 0 Å². The van der Waals surface area contributed by atoms with Crippen molar-refractivity contribution < 1.29 is 14.4 Å². The number of hydrogen-bond acceptors (Lipinski definition) is 1. The fraction of sp³-hybridized carbons (Fsp3) is 0.0667. The van der Waals surface area contributed by atoms with E-state index < -0.39 is 7.60 Å². The van der Waals surface area contributed by atoms with E-state index in [0.29, 0.717) is 5.57 Å². The summed E-state index contributed by atoms with van der Waals surface area (Å²) in [4.78, 5) is 18.5. The molecule has 2 rings (SSSR count). The molecule has 0 aliphatic heterocycles. The zero-order valence-electron chi connectivity index (χ0n) is 10.5. The van der Waals surface area contributed by atoms with Crippen molar-refractivity contribution in [1.82, 2.24) is 0 Å². The first-order valence-corrected chi connectivity index (χ1v) is 7.55. The molecule has 4 heteroatoms. The van der Waals surface area contributed by atoms with Gasteiger partial charge < -0.3 is 9.79 Å². The molecule has 19 heavy (non-hydrogen) atoms. The molecule has 0 aliphatic rings. The van der Waals surface area contributed by atoms with E-state index in [0.717, 1.165) is 22.5 Å². The van der Waals surface area contributed by atoms with Crippen molar-refractivity contribution in [1.29, 1.82) is 0 Å². The van der Waals surface area contributed by atoms with Crippen LogP contribution in [0.25, 0.3) is 5.57 Å². The number of aryl methyl sites for hydroxylation is 1. The molecule has 0 aliphatic carbocycles. The first-order valence-electron chi connectivity index (χ1n) is 5.87. The predicted octanol–water partition coefficient (Wildman–Crippen LogP) is 3.56. The minimum atomic E-state index is -4.23. The molecule has 0 unspecified atom stereocenters. The summed E-state index contributed by atoms with van der Waals surface area (Å²) in [6, 6.07) is 16.8. The Labute approximate surface area is 112 Å². The maximum atomic E-state index is 11.3. The number of hydrogen-bond donors (Lipinski definition) is 2. The molecule has 0 heterocycles. The highest BCUT2D eigenvalue weighted by atomic mass is 31.2. The summed E-state index contributed by atoms with van der Waals surface area (Å²) in [7, 11) is -4.23. The Balaban J connectivity index is 2.64. The second-order valence-electron chi connectivity index (χ2n) is 4.31. The third-order valence-electron chi connectivity index (χ3n) is 2.82. The van der Waals surface area contributed by atoms with E-state index in [4.69, 9.17) is 0 Å². The molecule has 0 aromatic heterocycles. The highest BCUT2D eigenvalue weighted by Crippen LogP contribution is 2.42. The van der Waals surface area contributed by atoms with Gasteiger partial charge in [0.2, 0.25) is 0 Å². The Hall–Kier alpha value is -1.67. The Morgan fingerprint density at radius 1 is 1.00 bits per heavy atom. The Bertz CT molecular complexity index is 641. The van der Waals surface area contributed by atoms with Crippen molar-refractivity contribution in [2.75, 3.05) is 0 Å². The maximum Gasteiger partial charge on any atom is 0.349 e. The lowest BCUT2D eigenvalue weighted by Gasteiger charge is -2.12. The van der Waals surface area contributed by atoms with E-state index in [1.807, 2.05) is 61.5 Å². The average molecular weight is 274 g/mol. The van der Waals surface area contributed by atoms with Crippen LogP contribution in [0.2, 0.25) is 0 Å². The Morgan fingerprint density at radius 2 is 1.58 bits per heavy atom. The molecular formula is C15H15O3P. The van der Waals surface area contributed by atoms with Crippen LogP contribution in [0.3, 0.4) is 0 Å². The first kappa shape index (κ1) is 13.8. The van der Waals surface area contributed by atoms with Gasteiger partial charge in [-0.25, -0.2) is 0 Å². The standard InChI is InChI=1S/C15H15O3P/c1-12-7-5-6-10-14(12)15(11-19(16,17)18)13-8-3-2-4-9-13/h2-11H,1H3,(H2,16,17,18). The van der Waals surface area contributed by atoms with Gasteiger partial charge in [-0.3, -0.25) is 4.57 Å². The lowest BCUT2D eigenvalue weighted by atomic mass is 9.96. The zero-order valence-corrected chi connectivity index (χ0v) is 11.4. The molecule has 2 aromatic rings.